The highest BCUT2D eigenvalue weighted by molar-refractivity contribution is 5.86. The molecule has 5 aromatic rings. The Labute approximate surface area is 254 Å². The predicted molar refractivity (Wildman–Crippen MR) is 163 cm³/mol. The summed E-state index contributed by atoms with van der Waals surface area (Å²) in [6.45, 7) is 6.25. The summed E-state index contributed by atoms with van der Waals surface area (Å²) in [7, 11) is 1.64. The number of carbonyl (C=O) groups excluding carboxylic acids is 1. The molecule has 0 fully saturated rings. The lowest BCUT2D eigenvalue weighted by molar-refractivity contribution is -0.690. The van der Waals surface area contributed by atoms with Gasteiger partial charge in [-0.2, -0.15) is 5.10 Å². The van der Waals surface area contributed by atoms with Crippen molar-refractivity contribution in [3.05, 3.63) is 116 Å². The molecule has 0 radical (unpaired) electrons. The first kappa shape index (κ1) is 30.3. The van der Waals surface area contributed by atoms with Crippen LogP contribution >= 0.6 is 0 Å². The molecule has 1 aliphatic rings. The van der Waals surface area contributed by atoms with Gasteiger partial charge in [-0.3, -0.25) is 14.8 Å². The van der Waals surface area contributed by atoms with Crippen LogP contribution in [-0.2, 0) is 24.4 Å². The summed E-state index contributed by atoms with van der Waals surface area (Å²) in [5, 5.41) is 28.4. The molecular formula is C33H35N5O6. The number of aromatic amines is 1. The normalized spacial score (nSPS) is 14.0. The first-order valence-corrected chi connectivity index (χ1v) is 14.3. The number of rotatable bonds is 8. The van der Waals surface area contributed by atoms with E-state index in [0.29, 0.717) is 24.5 Å². The topological polar surface area (TPSA) is 152 Å². The number of H-pyrrole nitrogens is 1. The Kier molecular flexibility index (Phi) is 8.96. The third kappa shape index (κ3) is 6.42. The zero-order chi connectivity index (χ0) is 31.4. The molecular weight excluding hydrogens is 562 g/mol. The van der Waals surface area contributed by atoms with Crippen molar-refractivity contribution < 1.29 is 29.6 Å². The van der Waals surface area contributed by atoms with Gasteiger partial charge in [-0.25, -0.2) is 0 Å². The van der Waals surface area contributed by atoms with E-state index >= 15 is 0 Å². The number of nitrogens with one attached hydrogen (secondary N) is 1. The zero-order valence-electron chi connectivity index (χ0n) is 25.1. The monoisotopic (exact) mass is 597 g/mol. The number of quaternary nitrogens is 1. The van der Waals surface area contributed by atoms with E-state index in [2.05, 4.69) is 51.8 Å². The van der Waals surface area contributed by atoms with Crippen LogP contribution in [0.25, 0.3) is 10.9 Å². The van der Waals surface area contributed by atoms with E-state index < -0.39 is 5.97 Å². The van der Waals surface area contributed by atoms with Crippen LogP contribution in [0.15, 0.2) is 66.7 Å². The number of nitrogens with two attached hydrogens (primary N) is 1. The lowest BCUT2D eigenvalue weighted by Gasteiger charge is -2.22. The van der Waals surface area contributed by atoms with Gasteiger partial charge in [0.05, 0.1) is 30.8 Å². The molecule has 0 saturated carbocycles. The smallest absolute Gasteiger partial charge is 0.312 e. The Bertz CT molecular complexity index is 1810. The van der Waals surface area contributed by atoms with Gasteiger partial charge in [-0.15, -0.1) is 0 Å². The number of carboxylic acid groups (broad SMARTS) is 1. The van der Waals surface area contributed by atoms with E-state index in [9.17, 15) is 10.1 Å². The fourth-order valence-corrected chi connectivity index (χ4v) is 5.81. The fraction of sp³-hybridized carbons (Fsp3) is 0.273. The second-order valence-electron chi connectivity index (χ2n) is 10.7. The Morgan fingerprint density at radius 3 is 2.57 bits per heavy atom. The van der Waals surface area contributed by atoms with Gasteiger partial charge in [0.25, 0.3) is 0 Å². The van der Waals surface area contributed by atoms with Crippen LogP contribution in [0.2, 0.25) is 0 Å². The zero-order valence-corrected chi connectivity index (χ0v) is 25.1. The largest absolute Gasteiger partial charge is 0.550 e. The highest BCUT2D eigenvalue weighted by Gasteiger charge is 2.30. The third-order valence-electron chi connectivity index (χ3n) is 7.78. The number of ether oxygens (including phenoxy) is 2. The van der Waals surface area contributed by atoms with Crippen LogP contribution in [0.4, 0.5) is 5.69 Å². The lowest BCUT2D eigenvalue weighted by atomic mass is 9.93. The second-order valence-corrected chi connectivity index (χ2v) is 10.7. The summed E-state index contributed by atoms with van der Waals surface area (Å²) in [6.07, 6.45) is 0.965. The Morgan fingerprint density at radius 2 is 1.89 bits per heavy atom. The number of fused-ring (bicyclic) bond motifs is 3. The summed E-state index contributed by atoms with van der Waals surface area (Å²) in [5.41, 5.74) is 7.81. The molecule has 3 heterocycles. The first-order valence-electron chi connectivity index (χ1n) is 14.3. The maximum atomic E-state index is 11.5. The quantitative estimate of drug-likeness (QED) is 0.205. The predicted octanol–water partition coefficient (Wildman–Crippen LogP) is 3.49. The van der Waals surface area contributed by atoms with Crippen molar-refractivity contribution in [3.63, 3.8) is 0 Å². The molecule has 1 atom stereocenters. The van der Waals surface area contributed by atoms with Gasteiger partial charge in [0.15, 0.2) is 6.04 Å². The van der Waals surface area contributed by atoms with Crippen molar-refractivity contribution >= 4 is 22.6 Å². The van der Waals surface area contributed by atoms with E-state index in [4.69, 9.17) is 19.4 Å². The Balaban J connectivity index is 0.000000906. The maximum absolute atomic E-state index is 11.5. The van der Waals surface area contributed by atoms with Crippen molar-refractivity contribution in [2.45, 2.75) is 46.4 Å². The molecule has 3 N–H and O–H groups in total. The molecule has 11 heteroatoms. The summed E-state index contributed by atoms with van der Waals surface area (Å²) < 4.78 is 13.5. The second kappa shape index (κ2) is 13.0. The van der Waals surface area contributed by atoms with E-state index in [0.717, 1.165) is 53.6 Å². The molecule has 3 aromatic carbocycles. The van der Waals surface area contributed by atoms with E-state index in [1.165, 1.54) is 16.6 Å². The molecule has 44 heavy (non-hydrogen) atoms. The van der Waals surface area contributed by atoms with E-state index in [-0.39, 0.29) is 16.7 Å². The van der Waals surface area contributed by atoms with Crippen LogP contribution in [0.3, 0.4) is 0 Å². The van der Waals surface area contributed by atoms with Gasteiger partial charge >= 0.3 is 5.69 Å². The molecule has 0 bridgehead atoms. The van der Waals surface area contributed by atoms with Gasteiger partial charge in [0.1, 0.15) is 29.5 Å². The minimum absolute atomic E-state index is 0.0607. The van der Waals surface area contributed by atoms with E-state index in [1.807, 2.05) is 30.3 Å². The molecule has 2 aromatic heterocycles. The SMILES string of the molecule is CC(=O)[O-].COc1ccc(C2[NH2+]CCc3c2[nH]c2ccc(OCc4ccccc4)cc32)cc1Cn1nc(C)c([N+](=O)[O-])c1C. The van der Waals surface area contributed by atoms with E-state index in [1.54, 1.807) is 25.6 Å². The number of aryl methyl sites for hydroxylation is 1. The van der Waals surface area contributed by atoms with Crippen LogP contribution in [0.5, 0.6) is 11.5 Å². The average molecular weight is 598 g/mol. The van der Waals surface area contributed by atoms with Gasteiger partial charge in [-0.1, -0.05) is 30.3 Å². The van der Waals surface area contributed by atoms with Gasteiger partial charge in [0.2, 0.25) is 0 Å². The summed E-state index contributed by atoms with van der Waals surface area (Å²) in [5.74, 6) is 0.502. The number of hydrogen-bond donors (Lipinski definition) is 2. The Morgan fingerprint density at radius 1 is 1.14 bits per heavy atom. The standard InChI is InChI=1S/C31H31N5O4.C2H4O2/c1-19-31(36(37)38)20(2)35(34-19)17-23-15-22(9-12-28(23)39-3)29-30-25(13-14-32-29)26-16-24(10-11-27(26)33-30)40-18-21-7-5-4-6-8-21;1-2(3)4/h4-12,15-16,29,32-33H,13-14,17-18H2,1-3H3;1H3,(H,3,4). The number of nitrogens with zero attached hydrogens (tertiary/aromatic N) is 3. The molecule has 0 saturated heterocycles. The van der Waals surface area contributed by atoms with Crippen LogP contribution in [0.1, 0.15) is 52.3 Å². The Hall–Kier alpha value is -5.16. The summed E-state index contributed by atoms with van der Waals surface area (Å²) in [4.78, 5) is 23.7. The summed E-state index contributed by atoms with van der Waals surface area (Å²) in [6, 6.07) is 22.7. The number of carbonyl (C=O) groups is 1. The average Bonchev–Trinajstić information content (AvgIpc) is 3.51. The molecule has 1 aliphatic heterocycles. The highest BCUT2D eigenvalue weighted by atomic mass is 16.6. The number of benzene rings is 3. The molecule has 0 spiro atoms. The molecule has 6 rings (SSSR count). The molecule has 0 aliphatic carbocycles. The van der Waals surface area contributed by atoms with Crippen molar-refractivity contribution in [2.24, 2.45) is 0 Å². The minimum Gasteiger partial charge on any atom is -0.550 e. The maximum Gasteiger partial charge on any atom is 0.312 e. The van der Waals surface area contributed by atoms with Crippen LogP contribution in [0, 0.1) is 24.0 Å². The van der Waals surface area contributed by atoms with Crippen molar-refractivity contribution in [1.29, 1.82) is 0 Å². The number of hydrogen-bond acceptors (Lipinski definition) is 7. The van der Waals surface area contributed by atoms with Crippen molar-refractivity contribution in [2.75, 3.05) is 13.7 Å². The van der Waals surface area contributed by atoms with Crippen LogP contribution in [-0.4, -0.2) is 39.3 Å². The molecule has 1 unspecified atom stereocenters. The van der Waals surface area contributed by atoms with Crippen LogP contribution < -0.4 is 19.9 Å². The van der Waals surface area contributed by atoms with Gasteiger partial charge in [-0.05, 0) is 68.3 Å². The number of carboxylic acids is 1. The summed E-state index contributed by atoms with van der Waals surface area (Å²) >= 11 is 0. The number of aliphatic carboxylic acids is 1. The first-order chi connectivity index (χ1) is 21.2. The van der Waals surface area contributed by atoms with Gasteiger partial charge < -0.3 is 29.7 Å². The molecule has 11 nitrogen and oxygen atoms in total. The van der Waals surface area contributed by atoms with Crippen molar-refractivity contribution in [3.8, 4) is 11.5 Å². The molecule has 0 amide bonds. The minimum atomic E-state index is -1.08. The number of nitro groups is 1. The van der Waals surface area contributed by atoms with Gasteiger partial charge in [0, 0.05) is 34.4 Å². The molecule has 228 valence electrons. The third-order valence-corrected chi connectivity index (χ3v) is 7.78. The number of aromatic nitrogens is 3. The lowest BCUT2D eigenvalue weighted by Crippen LogP contribution is -2.87. The highest BCUT2D eigenvalue weighted by Crippen LogP contribution is 2.35. The fourth-order valence-electron chi connectivity index (χ4n) is 5.81. The number of methoxy groups -OCH3 is 1. The van der Waals surface area contributed by atoms with Crippen molar-refractivity contribution in [1.82, 2.24) is 14.8 Å².